The zero-order valence-corrected chi connectivity index (χ0v) is 13.4. The van der Waals surface area contributed by atoms with Crippen LogP contribution in [-0.2, 0) is 19.6 Å². The molecule has 2 N–H and O–H groups in total. The van der Waals surface area contributed by atoms with Crippen molar-refractivity contribution >= 4 is 43.5 Å². The molecule has 1 rings (SSSR count). The average molecular weight is 363 g/mol. The maximum absolute atomic E-state index is 11.7. The van der Waals surface area contributed by atoms with E-state index in [4.69, 9.17) is 0 Å². The van der Waals surface area contributed by atoms with Crippen molar-refractivity contribution in [3.8, 4) is 0 Å². The van der Waals surface area contributed by atoms with Gasteiger partial charge in [-0.1, -0.05) is 22.9 Å². The molecule has 20 heavy (non-hydrogen) atoms. The Morgan fingerprint density at radius 2 is 1.80 bits per heavy atom. The number of carbonyl (C=O) groups excluding carboxylic acids is 2. The van der Waals surface area contributed by atoms with E-state index < -0.39 is 15.9 Å². The lowest BCUT2D eigenvalue weighted by molar-refractivity contribution is -0.117. The molecule has 6 nitrogen and oxygen atoms in total. The lowest BCUT2D eigenvalue weighted by atomic mass is 10.3. The monoisotopic (exact) mass is 362 g/mol. The molecular formula is C12H15BrN2O4S. The van der Waals surface area contributed by atoms with Crippen LogP contribution in [0.3, 0.4) is 0 Å². The summed E-state index contributed by atoms with van der Waals surface area (Å²) in [6, 6.07) is 5.55. The molecule has 0 spiro atoms. The summed E-state index contributed by atoms with van der Waals surface area (Å²) < 4.78 is 25.3. The van der Waals surface area contributed by atoms with E-state index in [1.54, 1.807) is 0 Å². The summed E-state index contributed by atoms with van der Waals surface area (Å²) in [6.07, 6.45) is 0.640. The van der Waals surface area contributed by atoms with Gasteiger partial charge >= 0.3 is 0 Å². The topological polar surface area (TPSA) is 92.3 Å². The van der Waals surface area contributed by atoms with Crippen LogP contribution in [0.2, 0.25) is 0 Å². The van der Waals surface area contributed by atoms with Gasteiger partial charge in [0.15, 0.2) is 0 Å². The van der Waals surface area contributed by atoms with Gasteiger partial charge in [-0.2, -0.15) is 0 Å². The first kappa shape index (κ1) is 16.6. The first-order chi connectivity index (χ1) is 9.26. The molecule has 0 radical (unpaired) electrons. The molecule has 0 fully saturated rings. The summed E-state index contributed by atoms with van der Waals surface area (Å²) in [6.45, 7) is 2.98. The van der Waals surface area contributed by atoms with Crippen LogP contribution in [-0.4, -0.2) is 25.1 Å². The van der Waals surface area contributed by atoms with Gasteiger partial charge in [0.25, 0.3) is 10.0 Å². The summed E-state index contributed by atoms with van der Waals surface area (Å²) in [5.41, 5.74) is 0.481. The minimum absolute atomic E-state index is 0.0448. The average Bonchev–Trinajstić information content (AvgIpc) is 2.36. The highest BCUT2D eigenvalue weighted by Crippen LogP contribution is 2.15. The van der Waals surface area contributed by atoms with Crippen LogP contribution in [0.4, 0.5) is 5.69 Å². The van der Waals surface area contributed by atoms with Crippen molar-refractivity contribution in [3.05, 3.63) is 24.3 Å². The highest BCUT2D eigenvalue weighted by atomic mass is 79.9. The Bertz CT molecular complexity index is 598. The van der Waals surface area contributed by atoms with Crippen molar-refractivity contribution in [1.29, 1.82) is 0 Å². The summed E-state index contributed by atoms with van der Waals surface area (Å²) in [5, 5.41) is 2.64. The third-order valence-electron chi connectivity index (χ3n) is 2.35. The number of anilines is 1. The van der Waals surface area contributed by atoms with Crippen molar-refractivity contribution in [1.82, 2.24) is 4.72 Å². The largest absolute Gasteiger partial charge is 0.325 e. The first-order valence-electron chi connectivity index (χ1n) is 5.84. The van der Waals surface area contributed by atoms with Crippen LogP contribution in [0.15, 0.2) is 29.2 Å². The minimum Gasteiger partial charge on any atom is -0.325 e. The van der Waals surface area contributed by atoms with E-state index in [1.807, 2.05) is 11.6 Å². The molecule has 0 saturated heterocycles. The van der Waals surface area contributed by atoms with E-state index in [0.29, 0.717) is 12.1 Å². The van der Waals surface area contributed by atoms with E-state index in [2.05, 4.69) is 21.2 Å². The van der Waals surface area contributed by atoms with Crippen LogP contribution in [0.5, 0.6) is 0 Å². The Morgan fingerprint density at radius 1 is 1.25 bits per heavy atom. The summed E-state index contributed by atoms with van der Waals surface area (Å²) in [5.74, 6) is -0.863. The molecule has 110 valence electrons. The second-order valence-corrected chi connectivity index (χ2v) is 6.84. The van der Waals surface area contributed by atoms with Crippen molar-refractivity contribution in [2.24, 2.45) is 0 Å². The van der Waals surface area contributed by atoms with Crippen molar-refractivity contribution in [2.45, 2.75) is 30.0 Å². The molecule has 0 heterocycles. The molecule has 1 aromatic carbocycles. The van der Waals surface area contributed by atoms with Crippen LogP contribution in [0, 0.1) is 0 Å². The fourth-order valence-corrected chi connectivity index (χ4v) is 2.48. The van der Waals surface area contributed by atoms with E-state index in [1.165, 1.54) is 24.3 Å². The fourth-order valence-electron chi connectivity index (χ4n) is 1.37. The van der Waals surface area contributed by atoms with Gasteiger partial charge in [0.2, 0.25) is 11.8 Å². The number of nitrogens with one attached hydrogen (secondary N) is 2. The molecule has 0 aliphatic rings. The van der Waals surface area contributed by atoms with Gasteiger partial charge in [0, 0.05) is 12.6 Å². The maximum Gasteiger partial charge on any atom is 0.264 e. The van der Waals surface area contributed by atoms with E-state index in [-0.39, 0.29) is 15.6 Å². The Morgan fingerprint density at radius 3 is 2.25 bits per heavy atom. The van der Waals surface area contributed by atoms with E-state index >= 15 is 0 Å². The number of alkyl halides is 1. The van der Waals surface area contributed by atoms with Gasteiger partial charge in [0.05, 0.1) is 9.72 Å². The molecule has 0 unspecified atom stereocenters. The number of halogens is 1. The van der Waals surface area contributed by atoms with Gasteiger partial charge in [-0.15, -0.1) is 0 Å². The number of hydrogen-bond acceptors (Lipinski definition) is 4. The Hall–Kier alpha value is -1.41. The van der Waals surface area contributed by atoms with Gasteiger partial charge in [-0.25, -0.2) is 13.1 Å². The third kappa shape index (κ3) is 4.61. The van der Waals surface area contributed by atoms with Gasteiger partial charge < -0.3 is 5.32 Å². The zero-order chi connectivity index (χ0) is 15.3. The highest BCUT2D eigenvalue weighted by molar-refractivity contribution is 9.10. The molecular weight excluding hydrogens is 348 g/mol. The second kappa shape index (κ2) is 6.85. The summed E-state index contributed by atoms with van der Waals surface area (Å²) in [7, 11) is -3.85. The standard InChI is InChI=1S/C12H15BrN2O4S/c1-3-11(13)12(17)14-9-4-6-10(7-5-9)20(18,19)15-8(2)16/h4-7,11H,3H2,1-2H3,(H,14,17)(H,15,16)/t11-/m1/s1. The molecule has 0 aliphatic carbocycles. The van der Waals surface area contributed by atoms with Crippen LogP contribution < -0.4 is 10.0 Å². The zero-order valence-electron chi connectivity index (χ0n) is 11.0. The van der Waals surface area contributed by atoms with Gasteiger partial charge in [-0.3, -0.25) is 9.59 Å². The van der Waals surface area contributed by atoms with Crippen molar-refractivity contribution in [2.75, 3.05) is 5.32 Å². The Kier molecular flexibility index (Phi) is 5.70. The second-order valence-electron chi connectivity index (χ2n) is 4.05. The van der Waals surface area contributed by atoms with Crippen molar-refractivity contribution < 1.29 is 18.0 Å². The van der Waals surface area contributed by atoms with Crippen LogP contribution in [0.25, 0.3) is 0 Å². The molecule has 2 amide bonds. The molecule has 1 aromatic rings. The van der Waals surface area contributed by atoms with Gasteiger partial charge in [0.1, 0.15) is 0 Å². The number of hydrogen-bond donors (Lipinski definition) is 2. The quantitative estimate of drug-likeness (QED) is 0.778. The molecule has 0 aliphatic heterocycles. The van der Waals surface area contributed by atoms with E-state index in [0.717, 1.165) is 6.92 Å². The van der Waals surface area contributed by atoms with Gasteiger partial charge in [-0.05, 0) is 30.7 Å². The molecule has 0 saturated carbocycles. The minimum atomic E-state index is -3.85. The molecule has 0 bridgehead atoms. The summed E-state index contributed by atoms with van der Waals surface area (Å²) in [4.78, 5) is 22.1. The number of carbonyl (C=O) groups is 2. The van der Waals surface area contributed by atoms with Crippen molar-refractivity contribution in [3.63, 3.8) is 0 Å². The highest BCUT2D eigenvalue weighted by Gasteiger charge is 2.16. The van der Waals surface area contributed by atoms with Crippen LogP contribution in [0.1, 0.15) is 20.3 Å². The first-order valence-corrected chi connectivity index (χ1v) is 8.24. The Labute approximate surface area is 126 Å². The maximum atomic E-state index is 11.7. The number of benzene rings is 1. The predicted octanol–water partition coefficient (Wildman–Crippen LogP) is 1.62. The lowest BCUT2D eigenvalue weighted by Crippen LogP contribution is -2.28. The third-order valence-corrected chi connectivity index (χ3v) is 4.87. The summed E-state index contributed by atoms with van der Waals surface area (Å²) >= 11 is 3.22. The fraction of sp³-hybridized carbons (Fsp3) is 0.333. The number of sulfonamides is 1. The SMILES string of the molecule is CC[C@@H](Br)C(=O)Nc1ccc(S(=O)(=O)NC(C)=O)cc1. The molecule has 0 aromatic heterocycles. The predicted molar refractivity (Wildman–Crippen MR) is 79.1 cm³/mol. The molecule has 8 heteroatoms. The Balaban J connectivity index is 2.84. The van der Waals surface area contributed by atoms with Crippen LogP contribution >= 0.6 is 15.9 Å². The lowest BCUT2D eigenvalue weighted by Gasteiger charge is -2.09. The molecule has 1 atom stereocenters. The number of rotatable bonds is 5. The van der Waals surface area contributed by atoms with E-state index in [9.17, 15) is 18.0 Å². The smallest absolute Gasteiger partial charge is 0.264 e. The number of amides is 2. The normalized spacial score (nSPS) is 12.6.